The van der Waals surface area contributed by atoms with E-state index in [2.05, 4.69) is 0 Å². The Bertz CT molecular complexity index is 406. The third-order valence-corrected chi connectivity index (χ3v) is 2.69. The summed E-state index contributed by atoms with van der Waals surface area (Å²) in [5.74, 6) is 0.752. The molecule has 0 aliphatic rings. The van der Waals surface area contributed by atoms with E-state index in [4.69, 9.17) is 9.84 Å². The van der Waals surface area contributed by atoms with E-state index in [0.29, 0.717) is 0 Å². The van der Waals surface area contributed by atoms with Crippen LogP contribution in [0.5, 0.6) is 5.75 Å². The summed E-state index contributed by atoms with van der Waals surface area (Å²) >= 11 is 1.62. The fourth-order valence-corrected chi connectivity index (χ4v) is 2.10. The zero-order chi connectivity index (χ0) is 9.26. The molecule has 0 saturated carbocycles. The van der Waals surface area contributed by atoms with Crippen LogP contribution in [0, 0.1) is 0 Å². The summed E-state index contributed by atoms with van der Waals surface area (Å²) in [4.78, 5) is 0. The number of hydrogen-bond donors (Lipinski definition) is 1. The highest BCUT2D eigenvalue weighted by molar-refractivity contribution is 7.17. The van der Waals surface area contributed by atoms with E-state index in [9.17, 15) is 0 Å². The largest absolute Gasteiger partial charge is 0.464 e. The topological polar surface area (TPSA) is 29.5 Å². The Hall–Kier alpha value is -1.06. The van der Waals surface area contributed by atoms with Gasteiger partial charge in [-0.25, -0.2) is 0 Å². The van der Waals surface area contributed by atoms with Gasteiger partial charge >= 0.3 is 0 Å². The fourth-order valence-electron chi connectivity index (χ4n) is 1.24. The molecule has 0 bridgehead atoms. The van der Waals surface area contributed by atoms with Crippen molar-refractivity contribution in [3.05, 3.63) is 29.6 Å². The minimum Gasteiger partial charge on any atom is -0.464 e. The molecule has 1 aromatic carbocycles. The van der Waals surface area contributed by atoms with Crippen LogP contribution >= 0.6 is 11.3 Å². The summed E-state index contributed by atoms with van der Waals surface area (Å²) < 4.78 is 6.34. The van der Waals surface area contributed by atoms with Crippen molar-refractivity contribution in [2.24, 2.45) is 0 Å². The van der Waals surface area contributed by atoms with E-state index in [1.165, 1.54) is 0 Å². The van der Waals surface area contributed by atoms with Gasteiger partial charge in [-0.15, -0.1) is 11.3 Å². The van der Waals surface area contributed by atoms with Crippen LogP contribution in [0.3, 0.4) is 0 Å². The molecule has 0 radical (unpaired) electrons. The van der Waals surface area contributed by atoms with Gasteiger partial charge in [-0.1, -0.05) is 12.1 Å². The third-order valence-electron chi connectivity index (χ3n) is 1.74. The highest BCUT2D eigenvalue weighted by atomic mass is 32.1. The Morgan fingerprint density at radius 2 is 2.23 bits per heavy atom. The summed E-state index contributed by atoms with van der Waals surface area (Å²) in [6.07, 6.45) is -0.757. The molecule has 2 aromatic rings. The number of ether oxygens (including phenoxy) is 1. The SMILES string of the molecule is CC(O)Oc1cccc2ccsc12. The molecule has 1 aromatic heterocycles. The molecule has 0 spiro atoms. The predicted molar refractivity (Wildman–Crippen MR) is 54.1 cm³/mol. The summed E-state index contributed by atoms with van der Waals surface area (Å²) in [5, 5.41) is 12.3. The van der Waals surface area contributed by atoms with Crippen molar-refractivity contribution in [3.63, 3.8) is 0 Å². The van der Waals surface area contributed by atoms with Gasteiger partial charge in [0, 0.05) is 0 Å². The molecule has 1 heterocycles. The molecule has 1 unspecified atom stereocenters. The van der Waals surface area contributed by atoms with Crippen LogP contribution in [-0.2, 0) is 0 Å². The number of fused-ring (bicyclic) bond motifs is 1. The van der Waals surface area contributed by atoms with Gasteiger partial charge in [0.15, 0.2) is 6.29 Å². The third kappa shape index (κ3) is 1.66. The predicted octanol–water partition coefficient (Wildman–Crippen LogP) is 2.62. The summed E-state index contributed by atoms with van der Waals surface area (Å²) in [5.41, 5.74) is 0. The molecule has 0 aliphatic heterocycles. The lowest BCUT2D eigenvalue weighted by Crippen LogP contribution is -2.09. The van der Waals surface area contributed by atoms with Crippen molar-refractivity contribution in [1.29, 1.82) is 0 Å². The van der Waals surface area contributed by atoms with Crippen LogP contribution in [0.1, 0.15) is 6.92 Å². The molecule has 13 heavy (non-hydrogen) atoms. The van der Waals surface area contributed by atoms with Gasteiger partial charge in [0.1, 0.15) is 5.75 Å². The normalized spacial score (nSPS) is 13.1. The zero-order valence-electron chi connectivity index (χ0n) is 7.23. The van der Waals surface area contributed by atoms with Gasteiger partial charge in [-0.2, -0.15) is 0 Å². The fraction of sp³-hybridized carbons (Fsp3) is 0.200. The van der Waals surface area contributed by atoms with Crippen molar-refractivity contribution in [3.8, 4) is 5.75 Å². The van der Waals surface area contributed by atoms with Crippen LogP contribution in [-0.4, -0.2) is 11.4 Å². The number of aliphatic hydroxyl groups is 1. The first-order valence-corrected chi connectivity index (χ1v) is 4.96. The van der Waals surface area contributed by atoms with Crippen LogP contribution < -0.4 is 4.74 Å². The highest BCUT2D eigenvalue weighted by Crippen LogP contribution is 2.30. The van der Waals surface area contributed by atoms with Gasteiger partial charge in [0.05, 0.1) is 4.70 Å². The average Bonchev–Trinajstić information content (AvgIpc) is 2.51. The maximum absolute atomic E-state index is 9.09. The second-order valence-corrected chi connectivity index (χ2v) is 3.73. The molecular weight excluding hydrogens is 184 g/mol. The second-order valence-electron chi connectivity index (χ2n) is 2.81. The number of thiophene rings is 1. The first-order chi connectivity index (χ1) is 6.27. The zero-order valence-corrected chi connectivity index (χ0v) is 8.04. The average molecular weight is 194 g/mol. The molecule has 68 valence electrons. The standard InChI is InChI=1S/C10H10O2S/c1-7(11)12-9-4-2-3-8-5-6-13-10(8)9/h2-7,11H,1H3. The van der Waals surface area contributed by atoms with E-state index in [0.717, 1.165) is 15.8 Å². The lowest BCUT2D eigenvalue weighted by atomic mass is 10.2. The van der Waals surface area contributed by atoms with Crippen molar-refractivity contribution in [1.82, 2.24) is 0 Å². The lowest BCUT2D eigenvalue weighted by molar-refractivity contribution is 0.00100. The minimum absolute atomic E-state index is 0.752. The molecule has 0 amide bonds. The van der Waals surface area contributed by atoms with Crippen LogP contribution in [0.2, 0.25) is 0 Å². The van der Waals surface area contributed by atoms with Gasteiger partial charge < -0.3 is 9.84 Å². The summed E-state index contributed by atoms with van der Waals surface area (Å²) in [7, 11) is 0. The number of hydrogen-bond acceptors (Lipinski definition) is 3. The quantitative estimate of drug-likeness (QED) is 0.745. The Morgan fingerprint density at radius 3 is 3.00 bits per heavy atom. The maximum Gasteiger partial charge on any atom is 0.194 e. The molecule has 3 heteroatoms. The first kappa shape index (κ1) is 8.53. The second kappa shape index (κ2) is 3.36. The van der Waals surface area contributed by atoms with Crippen LogP contribution in [0.15, 0.2) is 29.6 Å². The molecule has 2 nitrogen and oxygen atoms in total. The maximum atomic E-state index is 9.09. The van der Waals surface area contributed by atoms with Gasteiger partial charge in [0.2, 0.25) is 0 Å². The van der Waals surface area contributed by atoms with E-state index in [-0.39, 0.29) is 0 Å². The highest BCUT2D eigenvalue weighted by Gasteiger charge is 2.04. The van der Waals surface area contributed by atoms with Gasteiger partial charge in [0.25, 0.3) is 0 Å². The molecule has 0 fully saturated rings. The smallest absolute Gasteiger partial charge is 0.194 e. The van der Waals surface area contributed by atoms with Crippen molar-refractivity contribution < 1.29 is 9.84 Å². The van der Waals surface area contributed by atoms with Crippen LogP contribution in [0.25, 0.3) is 10.1 Å². The van der Waals surface area contributed by atoms with E-state index < -0.39 is 6.29 Å². The number of benzene rings is 1. The molecule has 1 atom stereocenters. The summed E-state index contributed by atoms with van der Waals surface area (Å²) in [6, 6.07) is 7.86. The molecule has 0 aliphatic carbocycles. The van der Waals surface area contributed by atoms with E-state index in [1.807, 2.05) is 29.6 Å². The first-order valence-electron chi connectivity index (χ1n) is 4.08. The number of rotatable bonds is 2. The monoisotopic (exact) mass is 194 g/mol. The molecular formula is C10H10O2S. The Balaban J connectivity index is 2.48. The molecule has 2 rings (SSSR count). The van der Waals surface area contributed by atoms with E-state index >= 15 is 0 Å². The van der Waals surface area contributed by atoms with Crippen LogP contribution in [0.4, 0.5) is 0 Å². The van der Waals surface area contributed by atoms with Crippen molar-refractivity contribution in [2.75, 3.05) is 0 Å². The summed E-state index contributed by atoms with van der Waals surface area (Å²) in [6.45, 7) is 1.60. The van der Waals surface area contributed by atoms with Gasteiger partial charge in [-0.3, -0.25) is 0 Å². The van der Waals surface area contributed by atoms with Crippen molar-refractivity contribution in [2.45, 2.75) is 13.2 Å². The van der Waals surface area contributed by atoms with E-state index in [1.54, 1.807) is 18.3 Å². The minimum atomic E-state index is -0.757. The van der Waals surface area contributed by atoms with Gasteiger partial charge in [-0.05, 0) is 29.8 Å². The molecule has 1 N–H and O–H groups in total. The number of aliphatic hydroxyl groups excluding tert-OH is 1. The Morgan fingerprint density at radius 1 is 1.38 bits per heavy atom. The molecule has 0 saturated heterocycles. The Labute approximate surface area is 80.4 Å². The lowest BCUT2D eigenvalue weighted by Gasteiger charge is -2.08. The van der Waals surface area contributed by atoms with Crippen molar-refractivity contribution >= 4 is 21.4 Å². The Kier molecular flexibility index (Phi) is 2.20.